The average Bonchev–Trinajstić information content (AvgIpc) is 2.78. The van der Waals surface area contributed by atoms with Crippen molar-refractivity contribution in [1.29, 1.82) is 5.26 Å². The lowest BCUT2D eigenvalue weighted by molar-refractivity contribution is -0.117. The van der Waals surface area contributed by atoms with E-state index >= 15 is 0 Å². The Bertz CT molecular complexity index is 582. The van der Waals surface area contributed by atoms with Crippen LogP contribution in [0.15, 0.2) is 5.57 Å². The van der Waals surface area contributed by atoms with Gasteiger partial charge in [0.1, 0.15) is 11.6 Å². The molecule has 6 heteroatoms. The first-order valence-electron chi connectivity index (χ1n) is 7.56. The number of aryl methyl sites for hydroxylation is 2. The first-order chi connectivity index (χ1) is 10.5. The van der Waals surface area contributed by atoms with Gasteiger partial charge in [0, 0.05) is 37.6 Å². The molecular formula is C16H24N4O2. The Morgan fingerprint density at radius 2 is 2.18 bits per heavy atom. The molecule has 22 heavy (non-hydrogen) atoms. The molecule has 0 radical (unpaired) electrons. The lowest BCUT2D eigenvalue weighted by atomic mass is 10.1. The molecule has 120 valence electrons. The van der Waals surface area contributed by atoms with E-state index in [4.69, 9.17) is 4.74 Å². The largest absolute Gasteiger partial charge is 0.382 e. The maximum atomic E-state index is 12.0. The van der Waals surface area contributed by atoms with Crippen molar-refractivity contribution in [3.63, 3.8) is 0 Å². The van der Waals surface area contributed by atoms with Gasteiger partial charge in [-0.3, -0.25) is 9.48 Å². The summed E-state index contributed by atoms with van der Waals surface area (Å²) in [6.45, 7) is 10.3. The van der Waals surface area contributed by atoms with Gasteiger partial charge in [-0.05, 0) is 40.2 Å². The van der Waals surface area contributed by atoms with Crippen LogP contribution in [0.2, 0.25) is 0 Å². The summed E-state index contributed by atoms with van der Waals surface area (Å²) in [4.78, 5) is 12.0. The van der Waals surface area contributed by atoms with E-state index in [2.05, 4.69) is 10.4 Å². The summed E-state index contributed by atoms with van der Waals surface area (Å²) in [5, 5.41) is 16.3. The zero-order valence-corrected chi connectivity index (χ0v) is 13.8. The summed E-state index contributed by atoms with van der Waals surface area (Å²) in [7, 11) is 0. The Balaban J connectivity index is 2.77. The van der Waals surface area contributed by atoms with Gasteiger partial charge in [-0.15, -0.1) is 0 Å². The quantitative estimate of drug-likeness (QED) is 0.452. The van der Waals surface area contributed by atoms with Crippen molar-refractivity contribution in [2.75, 3.05) is 19.8 Å². The van der Waals surface area contributed by atoms with Crippen LogP contribution in [-0.4, -0.2) is 35.4 Å². The van der Waals surface area contributed by atoms with Gasteiger partial charge in [-0.25, -0.2) is 0 Å². The van der Waals surface area contributed by atoms with Crippen LogP contribution in [0.3, 0.4) is 0 Å². The maximum Gasteiger partial charge on any atom is 0.261 e. The van der Waals surface area contributed by atoms with Crippen LogP contribution in [0.5, 0.6) is 0 Å². The molecule has 6 nitrogen and oxygen atoms in total. The predicted octanol–water partition coefficient (Wildman–Crippen LogP) is 1.97. The van der Waals surface area contributed by atoms with E-state index in [0.717, 1.165) is 29.9 Å². The number of nitriles is 1. The fraction of sp³-hybridized carbons (Fsp3) is 0.562. The van der Waals surface area contributed by atoms with Crippen molar-refractivity contribution in [2.24, 2.45) is 0 Å². The third-order valence-corrected chi connectivity index (χ3v) is 3.35. The molecular weight excluding hydrogens is 280 g/mol. The Labute approximate surface area is 131 Å². The van der Waals surface area contributed by atoms with Crippen molar-refractivity contribution in [3.05, 3.63) is 22.5 Å². The highest BCUT2D eigenvalue weighted by molar-refractivity contribution is 6.01. The van der Waals surface area contributed by atoms with Gasteiger partial charge < -0.3 is 10.1 Å². The summed E-state index contributed by atoms with van der Waals surface area (Å²) in [5.41, 5.74) is 2.70. The molecule has 0 aliphatic heterocycles. The van der Waals surface area contributed by atoms with Crippen molar-refractivity contribution in [3.8, 4) is 6.07 Å². The maximum absolute atomic E-state index is 12.0. The topological polar surface area (TPSA) is 79.9 Å². The van der Waals surface area contributed by atoms with Gasteiger partial charge in [0.05, 0.1) is 5.69 Å². The molecule has 0 aliphatic rings. The Morgan fingerprint density at radius 3 is 2.73 bits per heavy atom. The highest BCUT2D eigenvalue weighted by Gasteiger charge is 2.13. The smallest absolute Gasteiger partial charge is 0.261 e. The summed E-state index contributed by atoms with van der Waals surface area (Å²) >= 11 is 0. The molecule has 0 aromatic carbocycles. The number of hydrogen-bond donors (Lipinski definition) is 1. The van der Waals surface area contributed by atoms with Gasteiger partial charge in [-0.1, -0.05) is 0 Å². The second kappa shape index (κ2) is 9.00. The molecule has 0 fully saturated rings. The van der Waals surface area contributed by atoms with Crippen LogP contribution in [0.4, 0.5) is 0 Å². The molecule has 0 atom stereocenters. The molecule has 0 spiro atoms. The SMILES string of the molecule is CCOCCCNC(=O)C(C#N)=Cc1c(C)nn(CC)c1C. The number of carbonyl (C=O) groups excluding carboxylic acids is 1. The molecule has 1 amide bonds. The third kappa shape index (κ3) is 4.71. The first kappa shape index (κ1) is 17.9. The molecule has 1 aromatic rings. The number of carbonyl (C=O) groups is 1. The number of rotatable bonds is 8. The molecule has 0 aliphatic carbocycles. The monoisotopic (exact) mass is 304 g/mol. The Kier molecular flexibility index (Phi) is 7.33. The molecule has 0 bridgehead atoms. The minimum Gasteiger partial charge on any atom is -0.382 e. The summed E-state index contributed by atoms with van der Waals surface area (Å²) in [5.74, 6) is -0.359. The zero-order valence-electron chi connectivity index (χ0n) is 13.8. The summed E-state index contributed by atoms with van der Waals surface area (Å²) in [6, 6.07) is 1.96. The molecule has 1 rings (SSSR count). The second-order valence-corrected chi connectivity index (χ2v) is 4.88. The number of nitrogens with zero attached hydrogens (tertiary/aromatic N) is 3. The highest BCUT2D eigenvalue weighted by atomic mass is 16.5. The third-order valence-electron chi connectivity index (χ3n) is 3.35. The van der Waals surface area contributed by atoms with Crippen LogP contribution in [0.25, 0.3) is 6.08 Å². The van der Waals surface area contributed by atoms with Gasteiger partial charge in [0.2, 0.25) is 0 Å². The second-order valence-electron chi connectivity index (χ2n) is 4.88. The van der Waals surface area contributed by atoms with E-state index in [1.165, 1.54) is 0 Å². The van der Waals surface area contributed by atoms with E-state index < -0.39 is 0 Å². The van der Waals surface area contributed by atoms with Crippen LogP contribution in [0, 0.1) is 25.2 Å². The zero-order chi connectivity index (χ0) is 16.5. The van der Waals surface area contributed by atoms with E-state index in [0.29, 0.717) is 19.8 Å². The minimum atomic E-state index is -0.359. The van der Waals surface area contributed by atoms with E-state index in [1.807, 2.05) is 38.4 Å². The average molecular weight is 304 g/mol. The lowest BCUT2D eigenvalue weighted by Crippen LogP contribution is -2.26. The number of amides is 1. The minimum absolute atomic E-state index is 0.0956. The number of hydrogen-bond acceptors (Lipinski definition) is 4. The van der Waals surface area contributed by atoms with Crippen molar-refractivity contribution in [1.82, 2.24) is 15.1 Å². The number of nitrogens with one attached hydrogen (secondary N) is 1. The molecule has 1 heterocycles. The Morgan fingerprint density at radius 1 is 1.45 bits per heavy atom. The van der Waals surface area contributed by atoms with E-state index in [9.17, 15) is 10.1 Å². The van der Waals surface area contributed by atoms with Crippen LogP contribution < -0.4 is 5.32 Å². The highest BCUT2D eigenvalue weighted by Crippen LogP contribution is 2.16. The molecule has 1 N–H and O–H groups in total. The van der Waals surface area contributed by atoms with Crippen molar-refractivity contribution >= 4 is 12.0 Å². The van der Waals surface area contributed by atoms with E-state index in [1.54, 1.807) is 6.08 Å². The van der Waals surface area contributed by atoms with Gasteiger partial charge in [0.15, 0.2) is 0 Å². The van der Waals surface area contributed by atoms with E-state index in [-0.39, 0.29) is 11.5 Å². The summed E-state index contributed by atoms with van der Waals surface area (Å²) in [6.07, 6.45) is 2.34. The number of ether oxygens (including phenoxy) is 1. The molecule has 1 aromatic heterocycles. The van der Waals surface area contributed by atoms with Crippen LogP contribution in [-0.2, 0) is 16.1 Å². The van der Waals surface area contributed by atoms with Crippen molar-refractivity contribution in [2.45, 2.75) is 40.7 Å². The molecule has 0 unspecified atom stereocenters. The lowest BCUT2D eigenvalue weighted by Gasteiger charge is -2.05. The normalized spacial score (nSPS) is 11.3. The molecule has 0 saturated carbocycles. The van der Waals surface area contributed by atoms with Crippen LogP contribution >= 0.6 is 0 Å². The fourth-order valence-corrected chi connectivity index (χ4v) is 2.14. The first-order valence-corrected chi connectivity index (χ1v) is 7.56. The predicted molar refractivity (Wildman–Crippen MR) is 85.1 cm³/mol. The van der Waals surface area contributed by atoms with Crippen LogP contribution in [0.1, 0.15) is 37.2 Å². The molecule has 0 saturated heterocycles. The van der Waals surface area contributed by atoms with Gasteiger partial charge >= 0.3 is 0 Å². The number of aromatic nitrogens is 2. The van der Waals surface area contributed by atoms with Crippen molar-refractivity contribution < 1.29 is 9.53 Å². The fourth-order valence-electron chi connectivity index (χ4n) is 2.14. The summed E-state index contributed by atoms with van der Waals surface area (Å²) < 4.78 is 7.06. The van der Waals surface area contributed by atoms with Gasteiger partial charge in [-0.2, -0.15) is 10.4 Å². The standard InChI is InChI=1S/C16H24N4O2/c1-5-20-13(4)15(12(3)19-20)10-14(11-17)16(21)18-8-7-9-22-6-2/h10H,5-9H2,1-4H3,(H,18,21). The Hall–Kier alpha value is -2.13. The van der Waals surface area contributed by atoms with Gasteiger partial charge in [0.25, 0.3) is 5.91 Å².